The molecular weight excluding hydrogens is 396 g/mol. The number of anilines is 2. The maximum absolute atomic E-state index is 12.5. The molecule has 0 unspecified atom stereocenters. The summed E-state index contributed by atoms with van der Waals surface area (Å²) in [4.78, 5) is 16.8. The number of para-hydroxylation sites is 1. The van der Waals surface area contributed by atoms with Crippen LogP contribution in [0.4, 0.5) is 11.4 Å². The van der Waals surface area contributed by atoms with E-state index in [4.69, 9.17) is 17.0 Å². The largest absolute Gasteiger partial charge is 0.494 e. The van der Waals surface area contributed by atoms with E-state index in [1.54, 1.807) is 0 Å². The van der Waals surface area contributed by atoms with Crippen LogP contribution in [0, 0.1) is 0 Å². The van der Waals surface area contributed by atoms with Gasteiger partial charge >= 0.3 is 0 Å². The Labute approximate surface area is 184 Å². The second-order valence-corrected chi connectivity index (χ2v) is 7.60. The number of hydrogen-bond donors (Lipinski definition) is 2. The lowest BCUT2D eigenvalue weighted by atomic mass is 10.1. The van der Waals surface area contributed by atoms with Gasteiger partial charge in [0, 0.05) is 37.6 Å². The molecule has 1 amide bonds. The van der Waals surface area contributed by atoms with E-state index in [0.29, 0.717) is 18.3 Å². The molecule has 7 heteroatoms. The lowest BCUT2D eigenvalue weighted by Gasteiger charge is -2.35. The van der Waals surface area contributed by atoms with Crippen molar-refractivity contribution in [2.45, 2.75) is 20.3 Å². The maximum Gasteiger partial charge on any atom is 0.238 e. The van der Waals surface area contributed by atoms with Crippen molar-refractivity contribution in [2.75, 3.05) is 50.0 Å². The molecule has 160 valence electrons. The smallest absolute Gasteiger partial charge is 0.238 e. The van der Waals surface area contributed by atoms with Crippen LogP contribution in [0.25, 0.3) is 0 Å². The fourth-order valence-electron chi connectivity index (χ4n) is 3.46. The average molecular weight is 427 g/mol. The molecule has 30 heavy (non-hydrogen) atoms. The standard InChI is InChI=1S/C23H30N4O2S/c1-3-18-7-5-6-8-21(18)25-22(28)17-26-13-15-27(16-14-26)23(30)24-19-9-11-20(12-10-19)29-4-2/h5-12H,3-4,13-17H2,1-2H3,(H,24,30)(H,25,28). The quantitative estimate of drug-likeness (QED) is 0.660. The van der Waals surface area contributed by atoms with Gasteiger partial charge in [0.2, 0.25) is 5.91 Å². The first kappa shape index (κ1) is 22.1. The van der Waals surface area contributed by atoms with Crippen molar-refractivity contribution in [1.29, 1.82) is 0 Å². The summed E-state index contributed by atoms with van der Waals surface area (Å²) < 4.78 is 5.47. The number of carbonyl (C=O) groups excluding carboxylic acids is 1. The highest BCUT2D eigenvalue weighted by Gasteiger charge is 2.21. The highest BCUT2D eigenvalue weighted by Crippen LogP contribution is 2.17. The lowest BCUT2D eigenvalue weighted by molar-refractivity contribution is -0.117. The molecule has 1 aliphatic heterocycles. The van der Waals surface area contributed by atoms with Crippen molar-refractivity contribution >= 4 is 34.6 Å². The van der Waals surface area contributed by atoms with Gasteiger partial charge in [-0.15, -0.1) is 0 Å². The first-order valence-electron chi connectivity index (χ1n) is 10.5. The number of amides is 1. The number of benzene rings is 2. The molecule has 0 bridgehead atoms. The molecule has 1 heterocycles. The van der Waals surface area contributed by atoms with E-state index in [2.05, 4.69) is 27.4 Å². The molecule has 3 rings (SSSR count). The molecule has 2 N–H and O–H groups in total. The Balaban J connectivity index is 1.43. The zero-order chi connectivity index (χ0) is 21.3. The second-order valence-electron chi connectivity index (χ2n) is 7.21. The number of aryl methyl sites for hydroxylation is 1. The van der Waals surface area contributed by atoms with Crippen molar-refractivity contribution in [1.82, 2.24) is 9.80 Å². The molecule has 1 aliphatic rings. The molecule has 0 atom stereocenters. The van der Waals surface area contributed by atoms with Crippen molar-refractivity contribution in [3.8, 4) is 5.75 Å². The minimum atomic E-state index is 0.0273. The average Bonchev–Trinajstić information content (AvgIpc) is 2.76. The summed E-state index contributed by atoms with van der Waals surface area (Å²) in [5.74, 6) is 0.877. The molecule has 0 radical (unpaired) electrons. The van der Waals surface area contributed by atoms with E-state index in [1.165, 1.54) is 0 Å². The molecule has 2 aromatic rings. The van der Waals surface area contributed by atoms with Gasteiger partial charge in [0.25, 0.3) is 0 Å². The van der Waals surface area contributed by atoms with E-state index in [9.17, 15) is 4.79 Å². The fraction of sp³-hybridized carbons (Fsp3) is 0.391. The van der Waals surface area contributed by atoms with Crippen LogP contribution in [0.2, 0.25) is 0 Å². The van der Waals surface area contributed by atoms with Crippen LogP contribution in [0.3, 0.4) is 0 Å². The van der Waals surface area contributed by atoms with Gasteiger partial charge < -0.3 is 20.3 Å². The normalized spacial score (nSPS) is 14.3. The molecule has 0 saturated carbocycles. The highest BCUT2D eigenvalue weighted by atomic mass is 32.1. The van der Waals surface area contributed by atoms with Crippen LogP contribution < -0.4 is 15.4 Å². The topological polar surface area (TPSA) is 56.8 Å². The Morgan fingerprint density at radius 3 is 2.37 bits per heavy atom. The van der Waals surface area contributed by atoms with Gasteiger partial charge in [-0.2, -0.15) is 0 Å². The summed E-state index contributed by atoms with van der Waals surface area (Å²) >= 11 is 5.57. The van der Waals surface area contributed by atoms with Crippen LogP contribution >= 0.6 is 12.2 Å². The minimum absolute atomic E-state index is 0.0273. The number of nitrogens with zero attached hydrogens (tertiary/aromatic N) is 2. The molecule has 6 nitrogen and oxygen atoms in total. The maximum atomic E-state index is 12.5. The molecular formula is C23H30N4O2S. The number of ether oxygens (including phenoxy) is 1. The predicted molar refractivity (Wildman–Crippen MR) is 126 cm³/mol. The number of carbonyl (C=O) groups is 1. The Bertz CT molecular complexity index is 849. The Hall–Kier alpha value is -2.64. The summed E-state index contributed by atoms with van der Waals surface area (Å²) in [6, 6.07) is 15.7. The van der Waals surface area contributed by atoms with Crippen LogP contribution in [-0.2, 0) is 11.2 Å². The number of rotatable bonds is 7. The van der Waals surface area contributed by atoms with Gasteiger partial charge in [-0.1, -0.05) is 25.1 Å². The molecule has 0 spiro atoms. The van der Waals surface area contributed by atoms with Gasteiger partial charge in [-0.3, -0.25) is 9.69 Å². The summed E-state index contributed by atoms with van der Waals surface area (Å²) in [7, 11) is 0. The molecule has 1 saturated heterocycles. The van der Waals surface area contributed by atoms with Crippen molar-refractivity contribution < 1.29 is 9.53 Å². The second kappa shape index (κ2) is 10.9. The number of nitrogens with one attached hydrogen (secondary N) is 2. The summed E-state index contributed by atoms with van der Waals surface area (Å²) in [5, 5.41) is 7.04. The van der Waals surface area contributed by atoms with Gasteiger partial charge in [0.05, 0.1) is 13.2 Å². The molecule has 1 fully saturated rings. The van der Waals surface area contributed by atoms with E-state index < -0.39 is 0 Å². The van der Waals surface area contributed by atoms with Crippen molar-refractivity contribution in [3.63, 3.8) is 0 Å². The van der Waals surface area contributed by atoms with Crippen LogP contribution in [0.1, 0.15) is 19.4 Å². The molecule has 0 aliphatic carbocycles. The van der Waals surface area contributed by atoms with E-state index in [1.807, 2.05) is 55.5 Å². The first-order valence-corrected chi connectivity index (χ1v) is 10.9. The summed E-state index contributed by atoms with van der Waals surface area (Å²) in [6.07, 6.45) is 0.897. The molecule has 0 aromatic heterocycles. The SMILES string of the molecule is CCOc1ccc(NC(=S)N2CCN(CC(=O)Nc3ccccc3CC)CC2)cc1. The van der Waals surface area contributed by atoms with Gasteiger partial charge in [-0.25, -0.2) is 0 Å². The third kappa shape index (κ3) is 6.18. The summed E-state index contributed by atoms with van der Waals surface area (Å²) in [6.45, 7) is 8.29. The van der Waals surface area contributed by atoms with Gasteiger partial charge in [-0.05, 0) is 61.5 Å². The van der Waals surface area contributed by atoms with Crippen LogP contribution in [0.5, 0.6) is 5.75 Å². The number of piperazine rings is 1. The van der Waals surface area contributed by atoms with Crippen molar-refractivity contribution in [2.24, 2.45) is 0 Å². The third-order valence-electron chi connectivity index (χ3n) is 5.12. The monoisotopic (exact) mass is 426 g/mol. The zero-order valence-corrected chi connectivity index (χ0v) is 18.5. The third-order valence-corrected chi connectivity index (χ3v) is 5.48. The first-order chi connectivity index (χ1) is 14.6. The zero-order valence-electron chi connectivity index (χ0n) is 17.7. The van der Waals surface area contributed by atoms with E-state index >= 15 is 0 Å². The van der Waals surface area contributed by atoms with Gasteiger partial charge in [0.1, 0.15) is 5.75 Å². The minimum Gasteiger partial charge on any atom is -0.494 e. The molecule has 2 aromatic carbocycles. The summed E-state index contributed by atoms with van der Waals surface area (Å²) in [5.41, 5.74) is 3.01. The predicted octanol–water partition coefficient (Wildman–Crippen LogP) is 3.60. The Kier molecular flexibility index (Phi) is 8.04. The Morgan fingerprint density at radius 2 is 1.70 bits per heavy atom. The van der Waals surface area contributed by atoms with Crippen molar-refractivity contribution in [3.05, 3.63) is 54.1 Å². The lowest BCUT2D eigenvalue weighted by Crippen LogP contribution is -2.51. The number of thiocarbonyl (C=S) groups is 1. The van der Waals surface area contributed by atoms with Gasteiger partial charge in [0.15, 0.2) is 5.11 Å². The van der Waals surface area contributed by atoms with E-state index in [-0.39, 0.29) is 5.91 Å². The van der Waals surface area contributed by atoms with Crippen LogP contribution in [-0.4, -0.2) is 60.2 Å². The highest BCUT2D eigenvalue weighted by molar-refractivity contribution is 7.80. The fourth-order valence-corrected chi connectivity index (χ4v) is 3.76. The van der Waals surface area contributed by atoms with E-state index in [0.717, 1.165) is 55.3 Å². The number of hydrogen-bond acceptors (Lipinski definition) is 4. The van der Waals surface area contributed by atoms with Crippen LogP contribution in [0.15, 0.2) is 48.5 Å². The Morgan fingerprint density at radius 1 is 1.00 bits per heavy atom.